The number of ether oxygens (including phenoxy) is 3. The summed E-state index contributed by atoms with van der Waals surface area (Å²) in [4.78, 5) is 26.5. The predicted octanol–water partition coefficient (Wildman–Crippen LogP) is 3.24. The van der Waals surface area contributed by atoms with Crippen molar-refractivity contribution in [2.75, 3.05) is 26.1 Å². The molecule has 1 N–H and O–H groups in total. The van der Waals surface area contributed by atoms with E-state index in [1.807, 2.05) is 19.3 Å². The van der Waals surface area contributed by atoms with Crippen LogP contribution in [0.3, 0.4) is 0 Å². The highest BCUT2D eigenvalue weighted by Crippen LogP contribution is 2.41. The average molecular weight is 503 g/mol. The standard InChI is InChI=1S/C25H26N8O4/c1-31-21-22(36-3)20(37-19-13-28-33-7-6-26-11-18(19)33)12-27-23(21)30-25(31)29-17-10-16(15-4-5-15)14-32(24(17)34)8-9-35-2/h6-7,10-15H,4-5,8-9H2,1-3H3,(H,27,29,30). The molecule has 0 spiro atoms. The van der Waals surface area contributed by atoms with Crippen LogP contribution in [-0.2, 0) is 18.3 Å². The van der Waals surface area contributed by atoms with Gasteiger partial charge in [-0.25, -0.2) is 9.50 Å². The third kappa shape index (κ3) is 4.14. The van der Waals surface area contributed by atoms with Crippen molar-refractivity contribution >= 4 is 28.3 Å². The molecule has 0 unspecified atom stereocenters. The molecule has 1 aliphatic carbocycles. The third-order valence-corrected chi connectivity index (χ3v) is 6.47. The Morgan fingerprint density at radius 1 is 1.16 bits per heavy atom. The summed E-state index contributed by atoms with van der Waals surface area (Å²) in [6.07, 6.45) is 12.4. The Hall–Kier alpha value is -4.45. The van der Waals surface area contributed by atoms with Gasteiger partial charge in [0.2, 0.25) is 5.95 Å². The fraction of sp³-hybridized carbons (Fsp3) is 0.320. The minimum absolute atomic E-state index is 0.140. The topological polar surface area (TPSA) is 123 Å². The van der Waals surface area contributed by atoms with Crippen LogP contribution in [0.1, 0.15) is 24.3 Å². The van der Waals surface area contributed by atoms with Crippen LogP contribution in [-0.4, -0.2) is 54.5 Å². The second-order valence-electron chi connectivity index (χ2n) is 8.92. The predicted molar refractivity (Wildman–Crippen MR) is 136 cm³/mol. The number of aryl methyl sites for hydroxylation is 1. The second kappa shape index (κ2) is 9.21. The molecule has 0 radical (unpaired) electrons. The fourth-order valence-electron chi connectivity index (χ4n) is 4.38. The first kappa shape index (κ1) is 23.0. The molecule has 6 rings (SSSR count). The van der Waals surface area contributed by atoms with E-state index in [2.05, 4.69) is 25.4 Å². The lowest BCUT2D eigenvalue weighted by atomic mass is 10.2. The molecule has 37 heavy (non-hydrogen) atoms. The van der Waals surface area contributed by atoms with Crippen LogP contribution < -0.4 is 20.3 Å². The quantitative estimate of drug-likeness (QED) is 0.324. The van der Waals surface area contributed by atoms with Gasteiger partial charge in [0.05, 0.1) is 32.3 Å². The highest BCUT2D eigenvalue weighted by atomic mass is 16.5. The number of rotatable bonds is 9. The van der Waals surface area contributed by atoms with Crippen LogP contribution in [0.4, 0.5) is 11.6 Å². The number of pyridine rings is 2. The molecule has 0 aromatic carbocycles. The SMILES string of the molecule is COCCn1cc(C2CC2)cc(Nc2nc3ncc(Oc4cnn5ccncc45)c(OC)c3n2C)c1=O. The lowest BCUT2D eigenvalue weighted by Gasteiger charge is -2.13. The van der Waals surface area contributed by atoms with Gasteiger partial charge in [0.15, 0.2) is 22.9 Å². The number of hydrogen-bond donors (Lipinski definition) is 1. The largest absolute Gasteiger partial charge is 0.491 e. The molecule has 1 aliphatic rings. The summed E-state index contributed by atoms with van der Waals surface area (Å²) in [5.41, 5.74) is 3.22. The molecule has 5 heterocycles. The molecule has 1 saturated carbocycles. The Morgan fingerprint density at radius 3 is 2.81 bits per heavy atom. The van der Waals surface area contributed by atoms with E-state index in [0.29, 0.717) is 64.6 Å². The molecule has 0 atom stereocenters. The summed E-state index contributed by atoms with van der Waals surface area (Å²) in [6.45, 7) is 0.925. The maximum Gasteiger partial charge on any atom is 0.274 e. The normalized spacial score (nSPS) is 13.4. The smallest absolute Gasteiger partial charge is 0.274 e. The van der Waals surface area contributed by atoms with Gasteiger partial charge in [0.1, 0.15) is 16.7 Å². The molecule has 0 aliphatic heterocycles. The van der Waals surface area contributed by atoms with E-state index in [1.165, 1.54) is 0 Å². The molecular weight excluding hydrogens is 476 g/mol. The zero-order valence-electron chi connectivity index (χ0n) is 20.7. The van der Waals surface area contributed by atoms with Gasteiger partial charge in [0.25, 0.3) is 5.56 Å². The van der Waals surface area contributed by atoms with Crippen LogP contribution in [0.5, 0.6) is 17.2 Å². The number of methoxy groups -OCH3 is 2. The van der Waals surface area contributed by atoms with Crippen LogP contribution in [0.25, 0.3) is 16.7 Å². The molecule has 12 nitrogen and oxygen atoms in total. The number of imidazole rings is 1. The van der Waals surface area contributed by atoms with Gasteiger partial charge in [-0.1, -0.05) is 0 Å². The van der Waals surface area contributed by atoms with E-state index in [0.717, 1.165) is 18.4 Å². The molecule has 0 bridgehead atoms. The van der Waals surface area contributed by atoms with E-state index in [-0.39, 0.29) is 5.56 Å². The Bertz CT molecular complexity index is 1670. The van der Waals surface area contributed by atoms with Gasteiger partial charge in [-0.2, -0.15) is 10.1 Å². The van der Waals surface area contributed by atoms with Crippen molar-refractivity contribution in [1.82, 2.24) is 33.7 Å². The van der Waals surface area contributed by atoms with Crippen LogP contribution >= 0.6 is 0 Å². The number of anilines is 2. The number of nitrogens with one attached hydrogen (secondary N) is 1. The molecule has 12 heteroatoms. The van der Waals surface area contributed by atoms with Gasteiger partial charge >= 0.3 is 0 Å². The van der Waals surface area contributed by atoms with E-state index in [1.54, 1.807) is 58.9 Å². The van der Waals surface area contributed by atoms with Crippen molar-refractivity contribution in [3.05, 3.63) is 59.2 Å². The number of fused-ring (bicyclic) bond motifs is 2. The molecule has 190 valence electrons. The third-order valence-electron chi connectivity index (χ3n) is 6.47. The highest BCUT2D eigenvalue weighted by molar-refractivity contribution is 5.85. The summed E-state index contributed by atoms with van der Waals surface area (Å²) in [7, 11) is 5.02. The van der Waals surface area contributed by atoms with Crippen molar-refractivity contribution in [3.8, 4) is 17.2 Å². The lowest BCUT2D eigenvalue weighted by molar-refractivity contribution is 0.186. The van der Waals surface area contributed by atoms with Crippen LogP contribution in [0.15, 0.2) is 48.0 Å². The van der Waals surface area contributed by atoms with E-state index in [4.69, 9.17) is 14.2 Å². The first-order chi connectivity index (χ1) is 18.1. The van der Waals surface area contributed by atoms with E-state index < -0.39 is 0 Å². The number of aromatic nitrogens is 7. The van der Waals surface area contributed by atoms with Crippen molar-refractivity contribution in [2.45, 2.75) is 25.3 Å². The zero-order valence-corrected chi connectivity index (χ0v) is 20.7. The Labute approximate surface area is 211 Å². The summed E-state index contributed by atoms with van der Waals surface area (Å²) >= 11 is 0. The number of hydrogen-bond acceptors (Lipinski definition) is 9. The van der Waals surface area contributed by atoms with E-state index >= 15 is 0 Å². The molecule has 0 amide bonds. The average Bonchev–Trinajstić information content (AvgIpc) is 3.62. The van der Waals surface area contributed by atoms with Gasteiger partial charge in [-0.05, 0) is 30.4 Å². The van der Waals surface area contributed by atoms with Crippen molar-refractivity contribution < 1.29 is 14.2 Å². The van der Waals surface area contributed by atoms with Crippen molar-refractivity contribution in [3.63, 3.8) is 0 Å². The Balaban J connectivity index is 1.38. The lowest BCUT2D eigenvalue weighted by Crippen LogP contribution is -2.25. The Kier molecular flexibility index (Phi) is 5.72. The maximum atomic E-state index is 13.2. The van der Waals surface area contributed by atoms with Crippen LogP contribution in [0.2, 0.25) is 0 Å². The first-order valence-electron chi connectivity index (χ1n) is 11.9. The summed E-state index contributed by atoms with van der Waals surface area (Å²) in [6, 6.07) is 1.92. The highest BCUT2D eigenvalue weighted by Gasteiger charge is 2.26. The molecule has 5 aromatic rings. The first-order valence-corrected chi connectivity index (χ1v) is 11.9. The van der Waals surface area contributed by atoms with Gasteiger partial charge in [0, 0.05) is 39.3 Å². The van der Waals surface area contributed by atoms with Crippen LogP contribution in [0, 0.1) is 0 Å². The summed E-state index contributed by atoms with van der Waals surface area (Å²) < 4.78 is 22.2. The van der Waals surface area contributed by atoms with Crippen molar-refractivity contribution in [2.24, 2.45) is 7.05 Å². The van der Waals surface area contributed by atoms with Crippen molar-refractivity contribution in [1.29, 1.82) is 0 Å². The minimum atomic E-state index is -0.140. The fourth-order valence-corrected chi connectivity index (χ4v) is 4.38. The van der Waals surface area contributed by atoms with Gasteiger partial charge in [-0.15, -0.1) is 0 Å². The monoisotopic (exact) mass is 502 g/mol. The Morgan fingerprint density at radius 2 is 2.03 bits per heavy atom. The molecule has 1 fully saturated rings. The van der Waals surface area contributed by atoms with Gasteiger partial charge in [-0.3, -0.25) is 9.78 Å². The molecular formula is C25H26N8O4. The zero-order chi connectivity index (χ0) is 25.5. The molecule has 5 aromatic heterocycles. The van der Waals surface area contributed by atoms with E-state index in [9.17, 15) is 4.79 Å². The maximum absolute atomic E-state index is 13.2. The summed E-state index contributed by atoms with van der Waals surface area (Å²) in [5.74, 6) is 2.32. The number of nitrogens with zero attached hydrogens (tertiary/aromatic N) is 7. The second-order valence-corrected chi connectivity index (χ2v) is 8.92. The minimum Gasteiger partial charge on any atom is -0.491 e. The van der Waals surface area contributed by atoms with Gasteiger partial charge < -0.3 is 28.7 Å². The summed E-state index contributed by atoms with van der Waals surface area (Å²) in [5, 5.41) is 7.51. The molecule has 0 saturated heterocycles.